The lowest BCUT2D eigenvalue weighted by Crippen LogP contribution is -2.68. The van der Waals surface area contributed by atoms with E-state index in [-0.39, 0.29) is 0 Å². The highest BCUT2D eigenvalue weighted by Crippen LogP contribution is 2.32. The van der Waals surface area contributed by atoms with E-state index >= 15 is 0 Å². The second kappa shape index (κ2) is 12.8. The predicted molar refractivity (Wildman–Crippen MR) is 113 cm³/mol. The van der Waals surface area contributed by atoms with Crippen LogP contribution in [0.2, 0.25) is 0 Å². The fourth-order valence-corrected chi connectivity index (χ4v) is 4.46. The van der Waals surface area contributed by atoms with Crippen molar-refractivity contribution in [1.82, 2.24) is 5.32 Å². The normalized spacial score (nSPS) is 49.0. The molecule has 0 aromatic rings. The van der Waals surface area contributed by atoms with Crippen LogP contribution in [0.3, 0.4) is 0 Å². The van der Waals surface area contributed by atoms with Gasteiger partial charge in [0.2, 0.25) is 5.91 Å². The molecule has 3 saturated heterocycles. The van der Waals surface area contributed by atoms with Crippen LogP contribution in [-0.2, 0) is 28.5 Å². The summed E-state index contributed by atoms with van der Waals surface area (Å²) < 4.78 is 26.9. The van der Waals surface area contributed by atoms with E-state index in [0.29, 0.717) is 0 Å². The van der Waals surface area contributed by atoms with Gasteiger partial charge in [-0.15, -0.1) is 0 Å². The van der Waals surface area contributed by atoms with Gasteiger partial charge in [-0.3, -0.25) is 4.79 Å². The zero-order valence-electron chi connectivity index (χ0n) is 19.7. The topological polar surface area (TPSA) is 278 Å². The smallest absolute Gasteiger partial charge is 0.217 e. The van der Waals surface area contributed by atoms with Crippen LogP contribution in [-0.4, -0.2) is 169 Å². The average Bonchev–Trinajstić information content (AvgIpc) is 2.86. The van der Waals surface area contributed by atoms with Gasteiger partial charge in [0.1, 0.15) is 73.2 Å². The van der Waals surface area contributed by atoms with Crippen LogP contribution in [0.15, 0.2) is 0 Å². The maximum absolute atomic E-state index is 11.5. The van der Waals surface area contributed by atoms with E-state index in [1.54, 1.807) is 0 Å². The first-order valence-electron chi connectivity index (χ1n) is 11.6. The summed E-state index contributed by atoms with van der Waals surface area (Å²) in [6.45, 7) is -1.23. The molecule has 0 aromatic heterocycles. The number of nitrogens with one attached hydrogen (secondary N) is 1. The molecule has 17 nitrogen and oxygen atoms in total. The largest absolute Gasteiger partial charge is 0.394 e. The van der Waals surface area contributed by atoms with E-state index in [2.05, 4.69) is 5.32 Å². The van der Waals surface area contributed by atoms with Gasteiger partial charge in [0, 0.05) is 6.92 Å². The van der Waals surface area contributed by atoms with E-state index < -0.39 is 118 Å². The maximum atomic E-state index is 11.5. The Labute approximate surface area is 210 Å². The van der Waals surface area contributed by atoms with Gasteiger partial charge in [0.25, 0.3) is 0 Å². The van der Waals surface area contributed by atoms with Crippen LogP contribution in [0, 0.1) is 0 Å². The predicted octanol–water partition coefficient (Wildman–Crippen LogP) is -7.43. The number of rotatable bonds is 8. The summed E-state index contributed by atoms with van der Waals surface area (Å²) in [4.78, 5) is 11.5. The summed E-state index contributed by atoms with van der Waals surface area (Å²) in [6, 6.07) is -1.40. The second-order valence-electron chi connectivity index (χ2n) is 9.07. The molecule has 216 valence electrons. The number of amides is 1. The lowest BCUT2D eigenvalue weighted by molar-refractivity contribution is -0.375. The van der Waals surface area contributed by atoms with Crippen molar-refractivity contribution in [2.75, 3.05) is 19.8 Å². The third kappa shape index (κ3) is 6.38. The zero-order chi connectivity index (χ0) is 27.6. The molecule has 3 rings (SSSR count). The first-order chi connectivity index (χ1) is 17.4. The van der Waals surface area contributed by atoms with Crippen molar-refractivity contribution >= 4 is 5.91 Å². The van der Waals surface area contributed by atoms with E-state index in [0.717, 1.165) is 6.92 Å². The number of carbonyl (C=O) groups is 1. The summed E-state index contributed by atoms with van der Waals surface area (Å²) in [7, 11) is 0. The monoisotopic (exact) mass is 545 g/mol. The number of hydrogen-bond donors (Lipinski definition) is 11. The van der Waals surface area contributed by atoms with Gasteiger partial charge in [0.15, 0.2) is 18.9 Å². The molecule has 37 heavy (non-hydrogen) atoms. The Balaban J connectivity index is 1.80. The summed E-state index contributed by atoms with van der Waals surface area (Å²) in [5, 5.41) is 103. The van der Waals surface area contributed by atoms with Gasteiger partial charge in [-0.1, -0.05) is 0 Å². The first kappa shape index (κ1) is 30.4. The molecule has 3 heterocycles. The molecular formula is C20H35NO16. The number of aliphatic hydroxyl groups is 10. The van der Waals surface area contributed by atoms with Gasteiger partial charge in [0.05, 0.1) is 19.8 Å². The van der Waals surface area contributed by atoms with Crippen molar-refractivity contribution in [2.45, 2.75) is 99.0 Å². The van der Waals surface area contributed by atoms with Crippen LogP contribution in [0.25, 0.3) is 0 Å². The minimum Gasteiger partial charge on any atom is -0.394 e. The van der Waals surface area contributed by atoms with Gasteiger partial charge < -0.3 is 80.1 Å². The number of ether oxygens (including phenoxy) is 5. The zero-order valence-corrected chi connectivity index (χ0v) is 19.7. The number of carbonyl (C=O) groups excluding carboxylic acids is 1. The Morgan fingerprint density at radius 1 is 0.649 bits per heavy atom. The summed E-state index contributed by atoms with van der Waals surface area (Å²) >= 11 is 0. The van der Waals surface area contributed by atoms with Gasteiger partial charge >= 0.3 is 0 Å². The van der Waals surface area contributed by atoms with Crippen LogP contribution >= 0.6 is 0 Å². The molecule has 0 aliphatic carbocycles. The molecule has 0 unspecified atom stereocenters. The molecule has 17 heteroatoms. The summed E-state index contributed by atoms with van der Waals surface area (Å²) in [6.07, 6.45) is -23.4. The third-order valence-electron chi connectivity index (χ3n) is 6.50. The van der Waals surface area contributed by atoms with E-state index in [1.165, 1.54) is 0 Å². The van der Waals surface area contributed by atoms with Crippen molar-refractivity contribution < 1.29 is 79.5 Å². The fraction of sp³-hybridized carbons (Fsp3) is 0.950. The summed E-state index contributed by atoms with van der Waals surface area (Å²) in [5.74, 6) is -0.627. The molecule has 3 aliphatic rings. The lowest BCUT2D eigenvalue weighted by atomic mass is 9.95. The van der Waals surface area contributed by atoms with E-state index in [4.69, 9.17) is 23.7 Å². The first-order valence-corrected chi connectivity index (χ1v) is 11.6. The minimum atomic E-state index is -1.91. The number of aliphatic hydroxyl groups excluding tert-OH is 10. The number of hydrogen-bond acceptors (Lipinski definition) is 16. The average molecular weight is 545 g/mol. The van der Waals surface area contributed by atoms with Crippen molar-refractivity contribution in [2.24, 2.45) is 0 Å². The van der Waals surface area contributed by atoms with E-state index in [1.807, 2.05) is 0 Å². The van der Waals surface area contributed by atoms with Crippen molar-refractivity contribution in [3.05, 3.63) is 0 Å². The molecule has 3 aliphatic heterocycles. The van der Waals surface area contributed by atoms with Crippen LogP contribution in [0.5, 0.6) is 0 Å². The Morgan fingerprint density at radius 2 is 1.16 bits per heavy atom. The Hall–Kier alpha value is -1.13. The molecular weight excluding hydrogens is 510 g/mol. The Morgan fingerprint density at radius 3 is 1.70 bits per heavy atom. The van der Waals surface area contributed by atoms with E-state index in [9.17, 15) is 55.9 Å². The molecule has 1 amide bonds. The fourth-order valence-electron chi connectivity index (χ4n) is 4.46. The molecule has 0 bridgehead atoms. The quantitative estimate of drug-likeness (QED) is 0.135. The van der Waals surface area contributed by atoms with Crippen molar-refractivity contribution in [3.8, 4) is 0 Å². The standard InChI is InChI=1S/C20H35NO16/c1-5(25)21-9-12(28)16(8(4-24)33-18(9)32)36-20-15(31)17(11(27)7(3-23)35-20)37-19-14(30)13(29)10(26)6(2-22)34-19/h6-20,22-24,26-32H,2-4H2,1H3,(H,21,25)/t6-,7-,8-,9+,10+,11+,12-,13+,14-,15-,16-,17+,18-,19+,20+/m1/s1. The SMILES string of the molecule is CC(=O)N[C@H]1[C@@H](O)[C@H](O[C@@H]2O[C@H](CO)[C@H](O)[C@H](O[C@@H]3O[C@H](CO)[C@H](O)[C@H](O)[C@H]3O)[C@H]2O)[C@@H](CO)O[C@H]1O. The minimum absolute atomic E-state index is 0.627. The molecule has 3 fully saturated rings. The van der Waals surface area contributed by atoms with Crippen LogP contribution in [0.1, 0.15) is 6.92 Å². The molecule has 0 saturated carbocycles. The van der Waals surface area contributed by atoms with Gasteiger partial charge in [-0.2, -0.15) is 0 Å². The summed E-state index contributed by atoms with van der Waals surface area (Å²) in [5.41, 5.74) is 0. The second-order valence-corrected chi connectivity index (χ2v) is 9.07. The lowest BCUT2D eigenvalue weighted by Gasteiger charge is -2.48. The Bertz CT molecular complexity index is 745. The van der Waals surface area contributed by atoms with Gasteiger partial charge in [-0.25, -0.2) is 0 Å². The highest BCUT2D eigenvalue weighted by Gasteiger charge is 2.53. The van der Waals surface area contributed by atoms with Crippen molar-refractivity contribution in [1.29, 1.82) is 0 Å². The maximum Gasteiger partial charge on any atom is 0.217 e. The van der Waals surface area contributed by atoms with Gasteiger partial charge in [-0.05, 0) is 0 Å². The van der Waals surface area contributed by atoms with Crippen LogP contribution in [0.4, 0.5) is 0 Å². The van der Waals surface area contributed by atoms with Crippen molar-refractivity contribution in [3.63, 3.8) is 0 Å². The molecule has 11 N–H and O–H groups in total. The Kier molecular flexibility index (Phi) is 10.5. The highest BCUT2D eigenvalue weighted by molar-refractivity contribution is 5.73. The highest BCUT2D eigenvalue weighted by atomic mass is 16.7. The molecule has 15 atom stereocenters. The third-order valence-corrected chi connectivity index (χ3v) is 6.50. The molecule has 0 radical (unpaired) electrons. The molecule has 0 aromatic carbocycles. The molecule has 0 spiro atoms. The van der Waals surface area contributed by atoms with Crippen LogP contribution < -0.4 is 5.32 Å².